The van der Waals surface area contributed by atoms with Crippen LogP contribution in [0.5, 0.6) is 0 Å². The Morgan fingerprint density at radius 1 is 1.29 bits per heavy atom. The normalized spacial score (nSPS) is 10.5. The van der Waals surface area contributed by atoms with Crippen molar-refractivity contribution in [3.63, 3.8) is 0 Å². The molecule has 0 aliphatic rings. The highest BCUT2D eigenvalue weighted by atomic mass is 79.9. The smallest absolute Gasteiger partial charge is 0.159 e. The Morgan fingerprint density at radius 2 is 2.07 bits per heavy atom. The third kappa shape index (κ3) is 2.04. The van der Waals surface area contributed by atoms with Crippen LogP contribution in [0, 0.1) is 5.82 Å². The summed E-state index contributed by atoms with van der Waals surface area (Å²) in [5.74, 6) is -0.272. The first kappa shape index (κ1) is 10.3. The van der Waals surface area contributed by atoms with Crippen molar-refractivity contribution >= 4 is 43.2 Å². The molecule has 0 radical (unpaired) electrons. The topological polar surface area (TPSA) is 12.9 Å². The van der Waals surface area contributed by atoms with Crippen LogP contribution in [-0.2, 0) is 0 Å². The number of thiazole rings is 1. The highest BCUT2D eigenvalue weighted by Crippen LogP contribution is 2.27. The monoisotopic (exact) mass is 335 g/mol. The van der Waals surface area contributed by atoms with E-state index in [0.29, 0.717) is 4.47 Å². The third-order valence-electron chi connectivity index (χ3n) is 1.69. The van der Waals surface area contributed by atoms with E-state index >= 15 is 0 Å². The van der Waals surface area contributed by atoms with Gasteiger partial charge < -0.3 is 0 Å². The van der Waals surface area contributed by atoms with E-state index in [1.54, 1.807) is 6.07 Å². The summed E-state index contributed by atoms with van der Waals surface area (Å²) in [5, 5.41) is 1.88. The molecule has 2 rings (SSSR count). The number of halogens is 3. The van der Waals surface area contributed by atoms with Gasteiger partial charge in [0.2, 0.25) is 0 Å². The third-order valence-corrected chi connectivity index (χ3v) is 3.70. The number of hydrogen-bond acceptors (Lipinski definition) is 2. The maximum Gasteiger partial charge on any atom is 0.159 e. The van der Waals surface area contributed by atoms with Crippen LogP contribution >= 0.6 is 43.2 Å². The molecule has 1 aromatic carbocycles. The van der Waals surface area contributed by atoms with E-state index in [0.717, 1.165) is 15.2 Å². The Morgan fingerprint density at radius 3 is 2.64 bits per heavy atom. The fourth-order valence-electron chi connectivity index (χ4n) is 1.04. The van der Waals surface area contributed by atoms with E-state index < -0.39 is 0 Å². The average Bonchev–Trinajstić information content (AvgIpc) is 2.57. The summed E-state index contributed by atoms with van der Waals surface area (Å²) in [5.41, 5.74) is 1.57. The molecular formula is C9H4Br2FNS. The molecule has 5 heteroatoms. The minimum Gasteiger partial charge on any atom is -0.229 e. The largest absolute Gasteiger partial charge is 0.229 e. The Balaban J connectivity index is 2.47. The van der Waals surface area contributed by atoms with Crippen molar-refractivity contribution in [3.8, 4) is 11.3 Å². The first-order valence-corrected chi connectivity index (χ1v) is 6.20. The molecule has 1 nitrogen and oxygen atoms in total. The minimum absolute atomic E-state index is 0.272. The number of hydrogen-bond donors (Lipinski definition) is 0. The number of benzene rings is 1. The van der Waals surface area contributed by atoms with E-state index in [1.165, 1.54) is 17.4 Å². The predicted octanol–water partition coefficient (Wildman–Crippen LogP) is 4.47. The van der Waals surface area contributed by atoms with Crippen LogP contribution in [-0.4, -0.2) is 4.98 Å². The van der Waals surface area contributed by atoms with Gasteiger partial charge in [0.25, 0.3) is 0 Å². The summed E-state index contributed by atoms with van der Waals surface area (Å²) < 4.78 is 14.5. The molecule has 1 aromatic heterocycles. The van der Waals surface area contributed by atoms with E-state index in [9.17, 15) is 4.39 Å². The van der Waals surface area contributed by atoms with E-state index in [1.807, 2.05) is 11.4 Å². The lowest BCUT2D eigenvalue weighted by atomic mass is 10.2. The van der Waals surface area contributed by atoms with Crippen LogP contribution in [0.3, 0.4) is 0 Å². The second-order valence-electron chi connectivity index (χ2n) is 2.61. The average molecular weight is 337 g/mol. The van der Waals surface area contributed by atoms with Gasteiger partial charge in [-0.3, -0.25) is 0 Å². The van der Waals surface area contributed by atoms with Crippen molar-refractivity contribution in [2.24, 2.45) is 0 Å². The lowest BCUT2D eigenvalue weighted by molar-refractivity contribution is 0.621. The molecule has 2 aromatic rings. The molecular weight excluding hydrogens is 333 g/mol. The predicted molar refractivity (Wildman–Crippen MR) is 62.9 cm³/mol. The maximum absolute atomic E-state index is 13.2. The number of rotatable bonds is 1. The van der Waals surface area contributed by atoms with Crippen molar-refractivity contribution in [1.29, 1.82) is 0 Å². The van der Waals surface area contributed by atoms with Gasteiger partial charge in [-0.2, -0.15) is 0 Å². The van der Waals surface area contributed by atoms with Crippen molar-refractivity contribution in [1.82, 2.24) is 4.98 Å². The molecule has 1 heterocycles. The van der Waals surface area contributed by atoms with E-state index in [2.05, 4.69) is 36.8 Å². The zero-order valence-corrected chi connectivity index (χ0v) is 10.8. The molecule has 0 fully saturated rings. The molecule has 0 aliphatic heterocycles. The van der Waals surface area contributed by atoms with Gasteiger partial charge in [0.05, 0.1) is 10.2 Å². The molecule has 0 spiro atoms. The van der Waals surface area contributed by atoms with Crippen LogP contribution in [0.25, 0.3) is 11.3 Å². The Kier molecular flexibility index (Phi) is 2.99. The Hall–Kier alpha value is -0.260. The summed E-state index contributed by atoms with van der Waals surface area (Å²) >= 11 is 7.85. The van der Waals surface area contributed by atoms with Crippen molar-refractivity contribution < 1.29 is 4.39 Å². The first-order chi connectivity index (χ1) is 6.66. The summed E-state index contributed by atoms with van der Waals surface area (Å²) in [6.07, 6.45) is 0. The molecule has 0 saturated heterocycles. The highest BCUT2D eigenvalue weighted by molar-refractivity contribution is 9.11. The fourth-order valence-corrected chi connectivity index (χ4v) is 2.31. The number of aromatic nitrogens is 1. The Bertz CT molecular complexity index is 470. The van der Waals surface area contributed by atoms with Gasteiger partial charge in [-0.15, -0.1) is 11.3 Å². The molecule has 0 N–H and O–H groups in total. The lowest BCUT2D eigenvalue weighted by Gasteiger charge is -1.98. The van der Waals surface area contributed by atoms with Crippen LogP contribution in [0.4, 0.5) is 4.39 Å². The Labute approximate surface area is 101 Å². The summed E-state index contributed by atoms with van der Waals surface area (Å²) in [6.45, 7) is 0. The second kappa shape index (κ2) is 4.08. The molecule has 0 amide bonds. The van der Waals surface area contributed by atoms with Gasteiger partial charge in [0.1, 0.15) is 5.82 Å². The molecule has 14 heavy (non-hydrogen) atoms. The van der Waals surface area contributed by atoms with Gasteiger partial charge >= 0.3 is 0 Å². The lowest BCUT2D eigenvalue weighted by Crippen LogP contribution is -1.81. The van der Waals surface area contributed by atoms with Gasteiger partial charge in [0, 0.05) is 10.9 Å². The first-order valence-electron chi connectivity index (χ1n) is 3.73. The van der Waals surface area contributed by atoms with Gasteiger partial charge in [-0.1, -0.05) is 6.07 Å². The molecule has 0 bridgehead atoms. The molecule has 0 saturated carbocycles. The zero-order chi connectivity index (χ0) is 10.1. The van der Waals surface area contributed by atoms with Gasteiger partial charge in [0.15, 0.2) is 3.92 Å². The van der Waals surface area contributed by atoms with E-state index in [4.69, 9.17) is 0 Å². The maximum atomic E-state index is 13.2. The van der Waals surface area contributed by atoms with Gasteiger partial charge in [-0.05, 0) is 44.0 Å². The summed E-state index contributed by atoms with van der Waals surface area (Å²) in [6, 6.07) is 4.97. The quantitative estimate of drug-likeness (QED) is 0.748. The summed E-state index contributed by atoms with van der Waals surface area (Å²) in [7, 11) is 0. The zero-order valence-electron chi connectivity index (χ0n) is 6.80. The highest BCUT2D eigenvalue weighted by Gasteiger charge is 2.05. The number of nitrogens with zero attached hydrogens (tertiary/aromatic N) is 1. The van der Waals surface area contributed by atoms with Crippen LogP contribution in [0.2, 0.25) is 0 Å². The minimum atomic E-state index is -0.272. The van der Waals surface area contributed by atoms with Crippen LogP contribution < -0.4 is 0 Å². The summed E-state index contributed by atoms with van der Waals surface area (Å²) in [4.78, 5) is 4.20. The molecule has 72 valence electrons. The van der Waals surface area contributed by atoms with Crippen molar-refractivity contribution in [3.05, 3.63) is 37.8 Å². The molecule has 0 unspecified atom stereocenters. The van der Waals surface area contributed by atoms with Crippen molar-refractivity contribution in [2.75, 3.05) is 0 Å². The fraction of sp³-hybridized carbons (Fsp3) is 0. The molecule has 0 aliphatic carbocycles. The standard InChI is InChI=1S/C9H4Br2FNS/c10-6-2-1-5(3-7(6)12)8-4-14-9(11)13-8/h1-4H. The van der Waals surface area contributed by atoms with E-state index in [-0.39, 0.29) is 5.82 Å². The second-order valence-corrected chi connectivity index (χ2v) is 5.60. The SMILES string of the molecule is Fc1cc(-c2csc(Br)n2)ccc1Br. The van der Waals surface area contributed by atoms with Crippen molar-refractivity contribution in [2.45, 2.75) is 0 Å². The van der Waals surface area contributed by atoms with Crippen LogP contribution in [0.1, 0.15) is 0 Å². The van der Waals surface area contributed by atoms with Gasteiger partial charge in [-0.25, -0.2) is 9.37 Å². The van der Waals surface area contributed by atoms with Crippen LogP contribution in [0.15, 0.2) is 32.0 Å². The molecule has 0 atom stereocenters.